The number of rotatable bonds is 5. The SMILES string of the molecule is Cc1nc(Nc2ccccn2)cc(N2CCN(C(=O)Cn3cnc4ccccc4c3=O)CC2)n1. The van der Waals surface area contributed by atoms with Crippen molar-refractivity contribution >= 4 is 34.3 Å². The Hall–Kier alpha value is -4.34. The van der Waals surface area contributed by atoms with Crippen LogP contribution in [0.2, 0.25) is 0 Å². The fourth-order valence-electron chi connectivity index (χ4n) is 4.00. The van der Waals surface area contributed by atoms with Gasteiger partial charge in [-0.05, 0) is 31.2 Å². The lowest BCUT2D eigenvalue weighted by molar-refractivity contribution is -0.132. The zero-order valence-electron chi connectivity index (χ0n) is 18.8. The summed E-state index contributed by atoms with van der Waals surface area (Å²) in [5.74, 6) is 2.73. The number of aromatic nitrogens is 5. The molecular weight excluding hydrogens is 432 g/mol. The minimum absolute atomic E-state index is 0.0264. The van der Waals surface area contributed by atoms with Gasteiger partial charge in [-0.1, -0.05) is 18.2 Å². The summed E-state index contributed by atoms with van der Waals surface area (Å²) >= 11 is 0. The molecule has 1 aromatic carbocycles. The maximum absolute atomic E-state index is 12.9. The number of fused-ring (bicyclic) bond motifs is 1. The summed E-state index contributed by atoms with van der Waals surface area (Å²) in [6.07, 6.45) is 3.16. The zero-order chi connectivity index (χ0) is 23.5. The van der Waals surface area contributed by atoms with E-state index in [4.69, 9.17) is 0 Å². The molecule has 4 heterocycles. The molecular formula is C24H24N8O2. The lowest BCUT2D eigenvalue weighted by atomic mass is 10.2. The van der Waals surface area contributed by atoms with E-state index in [-0.39, 0.29) is 18.0 Å². The molecule has 0 saturated carbocycles. The number of anilines is 3. The highest BCUT2D eigenvalue weighted by Crippen LogP contribution is 2.20. The molecule has 1 saturated heterocycles. The molecule has 1 N–H and O–H groups in total. The molecule has 10 heteroatoms. The number of benzene rings is 1. The van der Waals surface area contributed by atoms with E-state index in [1.54, 1.807) is 29.3 Å². The van der Waals surface area contributed by atoms with Crippen molar-refractivity contribution in [3.63, 3.8) is 0 Å². The molecule has 0 radical (unpaired) electrons. The second kappa shape index (κ2) is 9.26. The van der Waals surface area contributed by atoms with Crippen LogP contribution in [-0.4, -0.2) is 61.5 Å². The third-order valence-corrected chi connectivity index (χ3v) is 5.74. The highest BCUT2D eigenvalue weighted by molar-refractivity contribution is 5.79. The average Bonchev–Trinajstić information content (AvgIpc) is 2.86. The van der Waals surface area contributed by atoms with Crippen molar-refractivity contribution < 1.29 is 4.79 Å². The first-order chi connectivity index (χ1) is 16.6. The van der Waals surface area contributed by atoms with E-state index in [9.17, 15) is 9.59 Å². The molecule has 0 spiro atoms. The Labute approximate surface area is 195 Å². The highest BCUT2D eigenvalue weighted by Gasteiger charge is 2.23. The summed E-state index contributed by atoms with van der Waals surface area (Å²) in [6, 6.07) is 14.7. The number of hydrogen-bond acceptors (Lipinski definition) is 8. The van der Waals surface area contributed by atoms with Crippen LogP contribution < -0.4 is 15.8 Å². The van der Waals surface area contributed by atoms with Crippen LogP contribution in [0.5, 0.6) is 0 Å². The first-order valence-electron chi connectivity index (χ1n) is 11.1. The molecule has 1 fully saturated rings. The summed E-state index contributed by atoms with van der Waals surface area (Å²) in [5, 5.41) is 3.72. The molecule has 1 aliphatic rings. The van der Waals surface area contributed by atoms with Crippen molar-refractivity contribution in [2.45, 2.75) is 13.5 Å². The van der Waals surface area contributed by atoms with E-state index in [2.05, 4.69) is 30.2 Å². The van der Waals surface area contributed by atoms with Crippen LogP contribution >= 0.6 is 0 Å². The molecule has 0 aliphatic carbocycles. The quantitative estimate of drug-likeness (QED) is 0.486. The minimum atomic E-state index is -0.206. The van der Waals surface area contributed by atoms with E-state index < -0.39 is 0 Å². The number of para-hydroxylation sites is 1. The van der Waals surface area contributed by atoms with Crippen LogP contribution in [0.1, 0.15) is 5.82 Å². The number of amides is 1. The van der Waals surface area contributed by atoms with Gasteiger partial charge in [0.2, 0.25) is 5.91 Å². The molecule has 5 rings (SSSR count). The third kappa shape index (κ3) is 4.56. The van der Waals surface area contributed by atoms with Crippen molar-refractivity contribution in [1.82, 2.24) is 29.4 Å². The third-order valence-electron chi connectivity index (χ3n) is 5.74. The summed E-state index contributed by atoms with van der Waals surface area (Å²) in [7, 11) is 0. The van der Waals surface area contributed by atoms with E-state index in [1.807, 2.05) is 37.3 Å². The molecule has 0 unspecified atom stereocenters. The Balaban J connectivity index is 1.24. The van der Waals surface area contributed by atoms with Gasteiger partial charge in [-0.2, -0.15) is 0 Å². The van der Waals surface area contributed by atoms with E-state index in [0.29, 0.717) is 54.5 Å². The van der Waals surface area contributed by atoms with Crippen LogP contribution in [0.15, 0.2) is 65.8 Å². The molecule has 34 heavy (non-hydrogen) atoms. The molecule has 3 aromatic heterocycles. The lowest BCUT2D eigenvalue weighted by Crippen LogP contribution is -2.50. The fourth-order valence-corrected chi connectivity index (χ4v) is 4.00. The number of pyridine rings is 1. The van der Waals surface area contributed by atoms with Crippen molar-refractivity contribution in [3.05, 3.63) is 77.2 Å². The maximum Gasteiger partial charge on any atom is 0.261 e. The van der Waals surface area contributed by atoms with Crippen LogP contribution in [-0.2, 0) is 11.3 Å². The zero-order valence-corrected chi connectivity index (χ0v) is 18.8. The molecule has 1 aliphatic heterocycles. The number of nitrogens with zero attached hydrogens (tertiary/aromatic N) is 7. The number of hydrogen-bond donors (Lipinski definition) is 1. The molecule has 0 atom stereocenters. The second-order valence-electron chi connectivity index (χ2n) is 8.06. The van der Waals surface area contributed by atoms with Crippen molar-refractivity contribution in [3.8, 4) is 0 Å². The highest BCUT2D eigenvalue weighted by atomic mass is 16.2. The Bertz CT molecular complexity index is 1380. The van der Waals surface area contributed by atoms with Crippen molar-refractivity contribution in [2.24, 2.45) is 0 Å². The topological polar surface area (TPSA) is 109 Å². The summed E-state index contributed by atoms with van der Waals surface area (Å²) in [4.78, 5) is 47.1. The van der Waals surface area contributed by atoms with E-state index >= 15 is 0 Å². The molecule has 0 bridgehead atoms. The van der Waals surface area contributed by atoms with Crippen LogP contribution in [0.3, 0.4) is 0 Å². The largest absolute Gasteiger partial charge is 0.353 e. The minimum Gasteiger partial charge on any atom is -0.353 e. The van der Waals surface area contributed by atoms with Gasteiger partial charge in [0, 0.05) is 38.4 Å². The smallest absolute Gasteiger partial charge is 0.261 e. The number of piperazine rings is 1. The van der Waals surface area contributed by atoms with Gasteiger partial charge in [0.05, 0.1) is 17.2 Å². The van der Waals surface area contributed by atoms with Gasteiger partial charge >= 0.3 is 0 Å². The van der Waals surface area contributed by atoms with Crippen molar-refractivity contribution in [1.29, 1.82) is 0 Å². The Kier molecular flexibility index (Phi) is 5.86. The standard InChI is InChI=1S/C24H24N8O2/c1-17-27-21(29-20-8-4-5-9-25-20)14-22(28-17)30-10-12-31(13-11-30)23(33)15-32-16-26-19-7-3-2-6-18(19)24(32)34/h2-9,14,16H,10-13,15H2,1H3,(H,25,27,28,29). The molecule has 10 nitrogen and oxygen atoms in total. The number of carbonyl (C=O) groups excluding carboxylic acids is 1. The van der Waals surface area contributed by atoms with Gasteiger partial charge in [0.1, 0.15) is 29.8 Å². The van der Waals surface area contributed by atoms with E-state index in [0.717, 1.165) is 5.82 Å². The number of aryl methyl sites for hydroxylation is 1. The second-order valence-corrected chi connectivity index (χ2v) is 8.06. The maximum atomic E-state index is 12.9. The van der Waals surface area contributed by atoms with Gasteiger partial charge in [0.15, 0.2) is 0 Å². The molecule has 172 valence electrons. The first-order valence-corrected chi connectivity index (χ1v) is 11.1. The molecule has 1 amide bonds. The summed E-state index contributed by atoms with van der Waals surface area (Å²) in [6.45, 7) is 4.18. The van der Waals surface area contributed by atoms with Gasteiger partial charge in [-0.3, -0.25) is 14.2 Å². The number of carbonyl (C=O) groups is 1. The lowest BCUT2D eigenvalue weighted by Gasteiger charge is -2.35. The Morgan fingerprint density at radius 3 is 2.56 bits per heavy atom. The number of nitrogens with one attached hydrogen (secondary N) is 1. The molecule has 4 aromatic rings. The Morgan fingerprint density at radius 2 is 1.76 bits per heavy atom. The monoisotopic (exact) mass is 456 g/mol. The normalized spacial score (nSPS) is 13.8. The van der Waals surface area contributed by atoms with Crippen LogP contribution in [0.4, 0.5) is 17.5 Å². The van der Waals surface area contributed by atoms with Crippen molar-refractivity contribution in [2.75, 3.05) is 36.4 Å². The van der Waals surface area contributed by atoms with Gasteiger partial charge in [-0.25, -0.2) is 19.9 Å². The first kappa shape index (κ1) is 21.5. The predicted molar refractivity (Wildman–Crippen MR) is 129 cm³/mol. The summed E-state index contributed by atoms with van der Waals surface area (Å²) < 4.78 is 1.38. The summed E-state index contributed by atoms with van der Waals surface area (Å²) in [5.41, 5.74) is 0.420. The predicted octanol–water partition coefficient (Wildman–Crippen LogP) is 1.98. The van der Waals surface area contributed by atoms with Gasteiger partial charge in [0.25, 0.3) is 5.56 Å². The van der Waals surface area contributed by atoms with Gasteiger partial charge in [-0.15, -0.1) is 0 Å². The Morgan fingerprint density at radius 1 is 0.971 bits per heavy atom. The van der Waals surface area contributed by atoms with Crippen LogP contribution in [0.25, 0.3) is 10.9 Å². The fraction of sp³-hybridized carbons (Fsp3) is 0.250. The average molecular weight is 457 g/mol. The van der Waals surface area contributed by atoms with Crippen LogP contribution in [0, 0.1) is 6.92 Å². The van der Waals surface area contributed by atoms with Gasteiger partial charge < -0.3 is 15.1 Å². The van der Waals surface area contributed by atoms with E-state index in [1.165, 1.54) is 10.9 Å².